The molecule has 4 aromatic rings. The van der Waals surface area contributed by atoms with E-state index < -0.39 is 57.9 Å². The number of ether oxygens (including phenoxy) is 2. The van der Waals surface area contributed by atoms with E-state index >= 15 is 0 Å². The highest BCUT2D eigenvalue weighted by Gasteiger charge is 2.43. The van der Waals surface area contributed by atoms with E-state index in [0.29, 0.717) is 40.2 Å². The summed E-state index contributed by atoms with van der Waals surface area (Å²) in [5, 5.41) is 5.48. The van der Waals surface area contributed by atoms with E-state index in [-0.39, 0.29) is 39.2 Å². The first-order valence-corrected chi connectivity index (χ1v) is 16.9. The Balaban J connectivity index is 0.000000214. The van der Waals surface area contributed by atoms with Gasteiger partial charge in [0.1, 0.15) is 45.7 Å². The number of aliphatic imine (C=N–C) groups is 2. The molecule has 0 fully saturated rings. The van der Waals surface area contributed by atoms with Crippen molar-refractivity contribution in [2.24, 2.45) is 9.98 Å². The third kappa shape index (κ3) is 7.87. The van der Waals surface area contributed by atoms with Crippen LogP contribution in [0.25, 0.3) is 0 Å². The van der Waals surface area contributed by atoms with Crippen molar-refractivity contribution in [1.82, 2.24) is 20.6 Å². The van der Waals surface area contributed by atoms with Gasteiger partial charge in [0.2, 0.25) is 0 Å². The topological polar surface area (TPSA) is 127 Å². The number of nitrogens with zero attached hydrogens (tertiary/aromatic N) is 4. The minimum atomic E-state index is -1.39. The molecular formula is C39H33ClF6N6O4. The number of aryl methyl sites for hydroxylation is 1. The van der Waals surface area contributed by atoms with E-state index in [1.807, 2.05) is 0 Å². The number of amidine groups is 2. The molecule has 17 heteroatoms. The summed E-state index contributed by atoms with van der Waals surface area (Å²) < 4.78 is 92.2. The fourth-order valence-corrected chi connectivity index (χ4v) is 6.48. The average Bonchev–Trinajstić information content (AvgIpc) is 3.13. The van der Waals surface area contributed by atoms with Gasteiger partial charge >= 0.3 is 11.9 Å². The number of carbonyl (C=O) groups is 2. The highest BCUT2D eigenvalue weighted by Crippen LogP contribution is 2.41. The van der Waals surface area contributed by atoms with Crippen LogP contribution in [-0.2, 0) is 30.1 Å². The van der Waals surface area contributed by atoms with Crippen molar-refractivity contribution in [1.29, 1.82) is 0 Å². The largest absolute Gasteiger partial charge is 0.466 e. The highest BCUT2D eigenvalue weighted by molar-refractivity contribution is 6.30. The fraction of sp³-hybridized carbons (Fsp3) is 0.231. The number of halogens is 7. The standard InChI is InChI=1S/C20H18F3N3O2.C19H15ClF3N3O2/c1-10-7-12(5-6-14(10)22)20(3)16(19(27)28-4)11(2)25-18(26-20)17-15(23)8-13(21)9-24-17;1-9-15(18(27)28-3)19(2,10-4-5-13(22)12(20)6-10)26-17(25-9)16-14(23)7-11(21)8-24-16/h5-9H,1-4H3,(H,25,26);4-8H,1-3H3,(H,25,26). The van der Waals surface area contributed by atoms with Gasteiger partial charge in [-0.25, -0.2) is 55.9 Å². The second kappa shape index (κ2) is 16.0. The maximum Gasteiger partial charge on any atom is 0.338 e. The average molecular weight is 799 g/mol. The van der Waals surface area contributed by atoms with Gasteiger partial charge in [0.15, 0.2) is 23.3 Å². The molecule has 2 aliphatic heterocycles. The molecule has 2 aliphatic rings. The molecule has 10 nitrogen and oxygen atoms in total. The van der Waals surface area contributed by atoms with Gasteiger partial charge in [0.05, 0.1) is 42.8 Å². The number of pyridine rings is 2. The Labute approximate surface area is 322 Å². The number of hydrogen-bond donors (Lipinski definition) is 2. The first-order chi connectivity index (χ1) is 26.3. The Morgan fingerprint density at radius 3 is 1.41 bits per heavy atom. The lowest BCUT2D eigenvalue weighted by atomic mass is 9.81. The van der Waals surface area contributed by atoms with Crippen LogP contribution in [0.5, 0.6) is 0 Å². The second-order valence-electron chi connectivity index (χ2n) is 12.9. The number of carbonyl (C=O) groups excluding carboxylic acids is 2. The molecule has 0 saturated heterocycles. The summed E-state index contributed by atoms with van der Waals surface area (Å²) in [6.07, 6.45) is 1.72. The Hall–Kier alpha value is -6.03. The number of aromatic nitrogens is 2. The molecule has 56 heavy (non-hydrogen) atoms. The maximum absolute atomic E-state index is 14.3. The summed E-state index contributed by atoms with van der Waals surface area (Å²) in [6, 6.07) is 9.59. The molecule has 0 bridgehead atoms. The monoisotopic (exact) mass is 798 g/mol. The molecule has 2 N–H and O–H groups in total. The molecule has 6 rings (SSSR count). The quantitative estimate of drug-likeness (QED) is 0.153. The third-order valence-corrected chi connectivity index (χ3v) is 9.34. The number of hydrogen-bond acceptors (Lipinski definition) is 10. The van der Waals surface area contributed by atoms with Crippen molar-refractivity contribution < 1.29 is 45.4 Å². The molecule has 2 unspecified atom stereocenters. The van der Waals surface area contributed by atoms with Gasteiger partial charge in [-0.05, 0) is 69.5 Å². The summed E-state index contributed by atoms with van der Waals surface area (Å²) in [5.41, 5.74) is -0.877. The number of rotatable bonds is 6. The van der Waals surface area contributed by atoms with Gasteiger partial charge in [0.25, 0.3) is 0 Å². The second-order valence-corrected chi connectivity index (χ2v) is 13.3. The summed E-state index contributed by atoms with van der Waals surface area (Å²) in [5.74, 6) is -5.86. The molecule has 2 aromatic carbocycles. The summed E-state index contributed by atoms with van der Waals surface area (Å²) in [4.78, 5) is 41.4. The van der Waals surface area contributed by atoms with Crippen molar-refractivity contribution >= 4 is 35.2 Å². The van der Waals surface area contributed by atoms with Crippen molar-refractivity contribution in [2.75, 3.05) is 14.2 Å². The number of nitrogens with one attached hydrogen (secondary N) is 2. The van der Waals surface area contributed by atoms with Gasteiger partial charge < -0.3 is 20.1 Å². The van der Waals surface area contributed by atoms with Crippen molar-refractivity contribution in [3.63, 3.8) is 0 Å². The van der Waals surface area contributed by atoms with E-state index in [0.717, 1.165) is 18.5 Å². The summed E-state index contributed by atoms with van der Waals surface area (Å²) in [7, 11) is 2.44. The van der Waals surface area contributed by atoms with Crippen LogP contribution in [0.3, 0.4) is 0 Å². The zero-order chi connectivity index (χ0) is 41.3. The molecule has 0 spiro atoms. The number of benzene rings is 2. The van der Waals surface area contributed by atoms with Crippen LogP contribution in [0.2, 0.25) is 5.02 Å². The van der Waals surface area contributed by atoms with Crippen molar-refractivity contribution in [3.05, 3.63) is 151 Å². The van der Waals surface area contributed by atoms with E-state index in [1.165, 1.54) is 38.5 Å². The first-order valence-electron chi connectivity index (χ1n) is 16.5. The lowest BCUT2D eigenvalue weighted by Gasteiger charge is -2.34. The van der Waals surface area contributed by atoms with Crippen LogP contribution in [0.15, 0.2) is 93.4 Å². The molecule has 0 saturated carbocycles. The molecule has 0 amide bonds. The molecule has 2 aromatic heterocycles. The molecule has 292 valence electrons. The molecule has 0 radical (unpaired) electrons. The zero-order valence-electron chi connectivity index (χ0n) is 30.8. The molecule has 4 heterocycles. The molecule has 0 aliphatic carbocycles. The van der Waals surface area contributed by atoms with Gasteiger partial charge in [-0.2, -0.15) is 0 Å². The van der Waals surface area contributed by atoms with Crippen LogP contribution in [-0.4, -0.2) is 47.8 Å². The predicted molar refractivity (Wildman–Crippen MR) is 194 cm³/mol. The van der Waals surface area contributed by atoms with Crippen LogP contribution in [0.1, 0.15) is 55.8 Å². The van der Waals surface area contributed by atoms with Gasteiger partial charge in [-0.15, -0.1) is 0 Å². The van der Waals surface area contributed by atoms with E-state index in [2.05, 4.69) is 30.6 Å². The number of esters is 2. The maximum atomic E-state index is 14.3. The smallest absolute Gasteiger partial charge is 0.338 e. The van der Waals surface area contributed by atoms with Gasteiger partial charge in [-0.3, -0.25) is 0 Å². The Morgan fingerprint density at radius 1 is 0.625 bits per heavy atom. The van der Waals surface area contributed by atoms with Crippen molar-refractivity contribution in [3.8, 4) is 0 Å². The Morgan fingerprint density at radius 2 is 1.04 bits per heavy atom. The van der Waals surface area contributed by atoms with Gasteiger partial charge in [-0.1, -0.05) is 29.8 Å². The van der Waals surface area contributed by atoms with Gasteiger partial charge in [0, 0.05) is 23.5 Å². The van der Waals surface area contributed by atoms with Crippen molar-refractivity contribution in [2.45, 2.75) is 45.7 Å². The molecule has 2 atom stereocenters. The normalized spacial score (nSPS) is 19.2. The predicted octanol–water partition coefficient (Wildman–Crippen LogP) is 7.38. The lowest BCUT2D eigenvalue weighted by Crippen LogP contribution is -2.41. The van der Waals surface area contributed by atoms with Crippen LogP contribution >= 0.6 is 11.6 Å². The van der Waals surface area contributed by atoms with E-state index in [1.54, 1.807) is 40.7 Å². The Bertz CT molecular complexity index is 2240. The number of allylic oxidation sites excluding steroid dienone is 2. The minimum Gasteiger partial charge on any atom is -0.466 e. The molecular weight excluding hydrogens is 766 g/mol. The summed E-state index contributed by atoms with van der Waals surface area (Å²) >= 11 is 5.90. The van der Waals surface area contributed by atoms with Crippen LogP contribution in [0, 0.1) is 41.8 Å². The Kier molecular flexibility index (Phi) is 11.7. The first kappa shape index (κ1) is 41.1. The summed E-state index contributed by atoms with van der Waals surface area (Å²) in [6.45, 7) is 7.98. The zero-order valence-corrected chi connectivity index (χ0v) is 31.6. The fourth-order valence-electron chi connectivity index (χ4n) is 6.30. The van der Waals surface area contributed by atoms with E-state index in [9.17, 15) is 35.9 Å². The third-order valence-electron chi connectivity index (χ3n) is 9.05. The van der Waals surface area contributed by atoms with E-state index in [4.69, 9.17) is 21.1 Å². The van der Waals surface area contributed by atoms with Crippen LogP contribution < -0.4 is 10.6 Å². The highest BCUT2D eigenvalue weighted by atomic mass is 35.5. The van der Waals surface area contributed by atoms with Crippen LogP contribution in [0.4, 0.5) is 26.3 Å². The number of methoxy groups -OCH3 is 2. The SMILES string of the molecule is COC(=O)C1=C(C)NC(c2ncc(F)cc2F)=NC1(C)c1ccc(F)c(C)c1.COC(=O)C1=C(C)NC(c2ncc(F)cc2F)=NC1(C)c1ccc(F)c(Cl)c1. The lowest BCUT2D eigenvalue weighted by molar-refractivity contribution is -0.137. The minimum absolute atomic E-state index is 0.0205.